The molecule has 6 aliphatic rings. The SMILES string of the molecule is CCOC(=O)C1=C(CN2CC(CSCC(=O)O)C(F)(F)C2)NC(c2nccs2)=N[C@H]1c1ccc(F)cc1Br.CCOC(=O)C1=C(CN2CC(CSCC(=O)O)C(F)(F)C2)NC(c2nccs2)=N[C@H]1c1ccc(F)cc1Cl.CCOC(=O)C1=C(CN2CC(F)C(COCC(=O)O)C2)NC(c2nccs2)=N[C@H]1c1ccc(F)cc1Br. The lowest BCUT2D eigenvalue weighted by molar-refractivity contribution is -0.143. The number of carbonyl (C=O) groups is 6. The Morgan fingerprint density at radius 3 is 1.27 bits per heavy atom. The number of carboxylic acids is 3. The maximum absolute atomic E-state index is 14.8. The van der Waals surface area contributed by atoms with Crippen LogP contribution in [0.1, 0.15) is 70.6 Å². The topological polar surface area (TPSA) is 322 Å². The molecule has 9 heterocycles. The highest BCUT2D eigenvalue weighted by Crippen LogP contribution is 2.44. The van der Waals surface area contributed by atoms with E-state index < -0.39 is 127 Å². The van der Waals surface area contributed by atoms with Crippen LogP contribution in [0.5, 0.6) is 0 Å². The van der Waals surface area contributed by atoms with Crippen LogP contribution < -0.4 is 16.0 Å². The number of aliphatic imine (C=N–C) groups is 3. The third-order valence-corrected chi connectivity index (χ3v) is 24.0. The highest BCUT2D eigenvalue weighted by molar-refractivity contribution is 9.10. The lowest BCUT2D eigenvalue weighted by Gasteiger charge is -2.29. The van der Waals surface area contributed by atoms with Gasteiger partial charge in [0.2, 0.25) is 0 Å². The van der Waals surface area contributed by atoms with Crippen LogP contribution in [0.4, 0.5) is 35.1 Å². The summed E-state index contributed by atoms with van der Waals surface area (Å²) in [6, 6.07) is 9.16. The van der Waals surface area contributed by atoms with E-state index in [2.05, 4.69) is 67.8 Å². The average molecular weight is 1820 g/mol. The van der Waals surface area contributed by atoms with Gasteiger partial charge in [-0.1, -0.05) is 61.7 Å². The van der Waals surface area contributed by atoms with Crippen molar-refractivity contribution >= 4 is 154 Å². The Bertz CT molecular complexity index is 4440. The zero-order chi connectivity index (χ0) is 81.4. The van der Waals surface area contributed by atoms with Gasteiger partial charge in [-0.25, -0.2) is 69.3 Å². The summed E-state index contributed by atoms with van der Waals surface area (Å²) in [6.07, 6.45) is 3.58. The van der Waals surface area contributed by atoms with Gasteiger partial charge in [0, 0.05) is 146 Å². The lowest BCUT2D eigenvalue weighted by atomic mass is 9.95. The van der Waals surface area contributed by atoms with Gasteiger partial charge >= 0.3 is 35.8 Å². The van der Waals surface area contributed by atoms with E-state index in [-0.39, 0.29) is 110 Å². The summed E-state index contributed by atoms with van der Waals surface area (Å²) in [5.41, 5.74) is 2.94. The molecule has 3 saturated heterocycles. The molecule has 113 heavy (non-hydrogen) atoms. The number of aliphatic carboxylic acids is 3. The van der Waals surface area contributed by atoms with Crippen LogP contribution >= 0.6 is 101 Å². The first kappa shape index (κ1) is 87.6. The smallest absolute Gasteiger partial charge is 0.338 e. The molecule has 0 bridgehead atoms. The summed E-state index contributed by atoms with van der Waals surface area (Å²) in [6.45, 7) is 4.07. The maximum Gasteiger partial charge on any atom is 0.338 e. The Balaban J connectivity index is 0.000000180. The first-order valence-corrected chi connectivity index (χ1v) is 41.6. The Morgan fingerprint density at radius 2 is 0.920 bits per heavy atom. The number of rotatable bonds is 30. The summed E-state index contributed by atoms with van der Waals surface area (Å²) in [5.74, 6) is -14.9. The summed E-state index contributed by atoms with van der Waals surface area (Å²) in [5, 5.41) is 42.9. The van der Waals surface area contributed by atoms with Crippen LogP contribution in [0, 0.1) is 35.2 Å². The number of halogens is 11. The van der Waals surface area contributed by atoms with Gasteiger partial charge in [-0.2, -0.15) is 0 Å². The molecule has 4 unspecified atom stereocenters. The highest BCUT2D eigenvalue weighted by Gasteiger charge is 2.50. The van der Waals surface area contributed by atoms with Gasteiger partial charge < -0.3 is 50.2 Å². The number of thiazole rings is 3. The maximum atomic E-state index is 14.8. The van der Waals surface area contributed by atoms with Crippen molar-refractivity contribution in [2.45, 2.75) is 56.9 Å². The minimum absolute atomic E-state index is 0.00734. The van der Waals surface area contributed by atoms with Crippen LogP contribution in [-0.2, 0) is 47.7 Å². The Labute approximate surface area is 684 Å². The Kier molecular flexibility index (Phi) is 31.2. The minimum Gasteiger partial charge on any atom is -0.481 e. The van der Waals surface area contributed by atoms with Gasteiger partial charge in [-0.05, 0) is 68.3 Å². The number of carboxylic acid groups (broad SMARTS) is 3. The van der Waals surface area contributed by atoms with E-state index in [1.807, 2.05) is 4.90 Å². The molecule has 0 radical (unpaired) electrons. The summed E-state index contributed by atoms with van der Waals surface area (Å²) < 4.78 is 138. The van der Waals surface area contributed by atoms with Crippen molar-refractivity contribution in [3.63, 3.8) is 0 Å². The minimum atomic E-state index is -3.04. The lowest BCUT2D eigenvalue weighted by Crippen LogP contribution is -2.39. The zero-order valence-electron chi connectivity index (χ0n) is 60.1. The molecule has 7 atom stereocenters. The molecule has 0 amide bonds. The monoisotopic (exact) mass is 1820 g/mol. The fraction of sp³-hybridized carbons (Fsp3) is 0.417. The number of carbonyl (C=O) groups excluding carboxylic acids is 3. The second-order valence-corrected chi connectivity index (χ2v) is 32.7. The van der Waals surface area contributed by atoms with Crippen molar-refractivity contribution in [1.29, 1.82) is 0 Å². The van der Waals surface area contributed by atoms with E-state index in [0.29, 0.717) is 81.8 Å². The van der Waals surface area contributed by atoms with Crippen LogP contribution in [0.2, 0.25) is 5.02 Å². The molecule has 6 aliphatic heterocycles. The number of benzene rings is 3. The van der Waals surface area contributed by atoms with Crippen LogP contribution in [0.15, 0.2) is 147 Å². The molecule has 6 N–H and O–H groups in total. The number of nitrogens with one attached hydrogen (secondary N) is 3. The van der Waals surface area contributed by atoms with Crippen molar-refractivity contribution in [2.24, 2.45) is 32.7 Å². The second-order valence-electron chi connectivity index (χ2n) is 25.8. The molecule has 606 valence electrons. The molecule has 0 spiro atoms. The van der Waals surface area contributed by atoms with Gasteiger partial charge in [0.15, 0.2) is 32.5 Å². The van der Waals surface area contributed by atoms with Gasteiger partial charge in [0.05, 0.1) is 67.7 Å². The number of esters is 3. The van der Waals surface area contributed by atoms with E-state index in [9.17, 15) is 63.9 Å². The van der Waals surface area contributed by atoms with E-state index in [0.717, 1.165) is 29.6 Å². The van der Waals surface area contributed by atoms with Crippen molar-refractivity contribution in [3.8, 4) is 0 Å². The normalized spacial score (nSPS) is 21.5. The predicted molar refractivity (Wildman–Crippen MR) is 417 cm³/mol. The van der Waals surface area contributed by atoms with E-state index in [1.165, 1.54) is 86.3 Å². The molecule has 3 aromatic carbocycles. The van der Waals surface area contributed by atoms with Gasteiger partial charge in [-0.3, -0.25) is 39.3 Å². The van der Waals surface area contributed by atoms with Crippen molar-refractivity contribution in [3.05, 3.63) is 186 Å². The molecule has 3 fully saturated rings. The summed E-state index contributed by atoms with van der Waals surface area (Å²) in [7, 11) is 0. The number of hydrogen-bond acceptors (Lipinski definition) is 27. The Hall–Kier alpha value is -7.77. The van der Waals surface area contributed by atoms with Crippen LogP contribution in [-0.4, -0.2) is 231 Å². The van der Waals surface area contributed by atoms with Gasteiger partial charge in [0.25, 0.3) is 11.8 Å². The van der Waals surface area contributed by atoms with E-state index in [4.69, 9.17) is 55.9 Å². The highest BCUT2D eigenvalue weighted by atomic mass is 79.9. The number of alkyl halides is 5. The van der Waals surface area contributed by atoms with Crippen LogP contribution in [0.25, 0.3) is 0 Å². The zero-order valence-corrected chi connectivity index (χ0v) is 68.1. The van der Waals surface area contributed by atoms with E-state index in [1.54, 1.807) is 61.6 Å². The molecule has 25 nitrogen and oxygen atoms in total. The predicted octanol–water partition coefficient (Wildman–Crippen LogP) is 11.9. The molecular formula is C72H73Br2ClF8N12O13S5. The van der Waals surface area contributed by atoms with Gasteiger partial charge in [0.1, 0.15) is 48.4 Å². The molecule has 6 aromatic rings. The molecule has 41 heteroatoms. The van der Waals surface area contributed by atoms with Crippen molar-refractivity contribution < 1.29 is 98.2 Å². The summed E-state index contributed by atoms with van der Waals surface area (Å²) in [4.78, 5) is 104. The molecule has 0 aliphatic carbocycles. The quantitative estimate of drug-likeness (QED) is 0.0139. The number of likely N-dealkylation sites (tertiary alicyclic amines) is 3. The first-order valence-electron chi connectivity index (χ1n) is 34.7. The third-order valence-electron chi connectivity index (χ3n) is 17.8. The molecule has 3 aromatic heterocycles. The average Bonchev–Trinajstić information content (AvgIpc) is 1.71. The standard InChI is InChI=1S/C24H24BrF3N4O4S2.C24H25BrF2N4O5S.C24H24ClF3N4O4S2/c1-2-36-23(35)19-17(9-32-8-13(24(27,28)12-32)10-37-11-18(33)34)30-21(22-29-5-6-38-22)31-20(19)15-4-3-14(26)7-16(15)25;1-2-36-24(34)20-18(10-31-8-13(17(27)9-31)11-35-12-19(32)33)29-22(23-28-5-6-37-23)30-21(20)15-4-3-14(26)7-16(15)25;1-2-36-23(35)19-17(9-32-8-13(24(27,28)12-32)10-37-11-18(33)34)30-21(22-29-5-6-38-22)31-20(19)15-4-3-14(26)7-16(15)25/h3-7,13,20H,2,8-12H2,1H3,(H,30,31)(H,33,34);3-7,13,17,21H,2,8-12H2,1H3,(H,29,30)(H,32,33);3-7,13,20H,2,8-12H2,1H3,(H,30,31)(H,33,34)/t13?,20-;13?,17?,21-;13?,20-/m000/s1. The van der Waals surface area contributed by atoms with E-state index >= 15 is 0 Å². The third kappa shape index (κ3) is 23.1. The Morgan fingerprint density at radius 1 is 0.549 bits per heavy atom. The fourth-order valence-electron chi connectivity index (χ4n) is 12.9. The van der Waals surface area contributed by atoms with Crippen molar-refractivity contribution in [2.75, 3.05) is 115 Å². The largest absolute Gasteiger partial charge is 0.481 e. The number of amidine groups is 3. The number of hydrogen-bond donors (Lipinski definition) is 6. The number of thioether (sulfide) groups is 2. The summed E-state index contributed by atoms with van der Waals surface area (Å²) >= 11 is 19.0. The first-order chi connectivity index (χ1) is 53.9. The fourth-order valence-corrected chi connectivity index (χ4v) is 17.9. The van der Waals surface area contributed by atoms with Crippen molar-refractivity contribution in [1.82, 2.24) is 45.6 Å². The van der Waals surface area contributed by atoms with Gasteiger partial charge in [-0.15, -0.1) is 57.5 Å². The molecule has 0 saturated carbocycles. The second kappa shape index (κ2) is 40.2. The molecule has 12 rings (SSSR count). The number of ether oxygens (including phenoxy) is 4. The van der Waals surface area contributed by atoms with Crippen LogP contribution in [0.3, 0.4) is 0 Å². The number of nitrogens with zero attached hydrogens (tertiary/aromatic N) is 9. The number of aromatic nitrogens is 3. The molecular weight excluding hydrogens is 1750 g/mol.